The van der Waals surface area contributed by atoms with Gasteiger partial charge < -0.3 is 10.2 Å². The number of alkyl halides is 3. The first-order valence-electron chi connectivity index (χ1n) is 11.1. The second-order valence-electron chi connectivity index (χ2n) is 8.86. The number of carbonyl (C=O) groups excluding carboxylic acids is 1. The van der Waals surface area contributed by atoms with E-state index in [0.717, 1.165) is 22.7 Å². The van der Waals surface area contributed by atoms with Crippen LogP contribution in [0.3, 0.4) is 0 Å². The first-order valence-corrected chi connectivity index (χ1v) is 11.5. The predicted molar refractivity (Wildman–Crippen MR) is 134 cm³/mol. The molecule has 0 atom stereocenters. The number of aromatic nitrogens is 1. The van der Waals surface area contributed by atoms with Gasteiger partial charge in [-0.25, -0.2) is 4.39 Å². The zero-order chi connectivity index (χ0) is 27.0. The molecule has 0 spiro atoms. The van der Waals surface area contributed by atoms with E-state index in [1.165, 1.54) is 23.1 Å². The third-order valence-corrected chi connectivity index (χ3v) is 6.36. The van der Waals surface area contributed by atoms with Gasteiger partial charge in [0, 0.05) is 30.5 Å². The van der Waals surface area contributed by atoms with Crippen molar-refractivity contribution in [2.75, 3.05) is 9.80 Å². The fraction of sp³-hybridized carbons (Fsp3) is 0.231. The lowest BCUT2D eigenvalue weighted by atomic mass is 10.0. The number of nitrogens with one attached hydrogen (secondary N) is 1. The summed E-state index contributed by atoms with van der Waals surface area (Å²) >= 11 is 5.49. The number of nitrogens with zero attached hydrogens (tertiary/aromatic N) is 4. The maximum absolute atomic E-state index is 15.0. The van der Waals surface area contributed by atoms with Crippen molar-refractivity contribution < 1.29 is 22.4 Å². The Labute approximate surface area is 216 Å². The second-order valence-corrected chi connectivity index (χ2v) is 9.22. The number of pyridine rings is 1. The van der Waals surface area contributed by atoms with Crippen LogP contribution in [-0.4, -0.2) is 21.5 Å². The summed E-state index contributed by atoms with van der Waals surface area (Å²) in [5.41, 5.74) is -1.72. The molecule has 1 amide bonds. The topological polar surface area (TPSA) is 72.3 Å². The molecule has 190 valence electrons. The van der Waals surface area contributed by atoms with Crippen LogP contribution in [0.2, 0.25) is 0 Å². The summed E-state index contributed by atoms with van der Waals surface area (Å²) in [5, 5.41) is 12.1. The Kier molecular flexibility index (Phi) is 6.99. The van der Waals surface area contributed by atoms with Crippen LogP contribution in [0.25, 0.3) is 0 Å². The molecule has 0 bridgehead atoms. The highest BCUT2D eigenvalue weighted by Gasteiger charge is 2.50. The van der Waals surface area contributed by atoms with Crippen molar-refractivity contribution in [1.29, 1.82) is 5.26 Å². The molecule has 0 unspecified atom stereocenters. The largest absolute Gasteiger partial charge is 0.417 e. The molecule has 0 saturated carbocycles. The fourth-order valence-corrected chi connectivity index (χ4v) is 4.63. The number of amides is 1. The van der Waals surface area contributed by atoms with Gasteiger partial charge in [-0.2, -0.15) is 18.4 Å². The number of thiocarbonyl (C=S) groups is 1. The summed E-state index contributed by atoms with van der Waals surface area (Å²) in [6.07, 6.45) is -3.14. The Hall–Kier alpha value is -3.88. The molecule has 3 aromatic rings. The van der Waals surface area contributed by atoms with E-state index in [4.69, 9.17) is 17.5 Å². The molecule has 1 aliphatic heterocycles. The van der Waals surface area contributed by atoms with Crippen molar-refractivity contribution in [2.24, 2.45) is 0 Å². The number of hydrogen-bond acceptors (Lipinski definition) is 5. The van der Waals surface area contributed by atoms with E-state index in [-0.39, 0.29) is 23.0 Å². The van der Waals surface area contributed by atoms with Crippen LogP contribution in [0, 0.1) is 17.1 Å². The molecule has 4 rings (SSSR count). The minimum atomic E-state index is -4.80. The number of halogens is 4. The van der Waals surface area contributed by atoms with Crippen molar-refractivity contribution in [2.45, 2.75) is 38.7 Å². The molecule has 2 heterocycles. The molecule has 0 radical (unpaired) electrons. The summed E-state index contributed by atoms with van der Waals surface area (Å²) in [6.45, 7) is 3.78. The smallest absolute Gasteiger partial charge is 0.307 e. The Morgan fingerprint density at radius 2 is 1.81 bits per heavy atom. The number of carbonyl (C=O) groups is 1. The molecule has 11 heteroatoms. The standard InChI is InChI=1S/C26H21F4N5OS/c1-25(2)23(36)34(19-8-6-16(13-31)21(11-19)26(28,29)30)24(37)35(25)20-9-7-17(22(27)12-20)14-32-15-18-5-3-4-10-33-18/h3-12,32H,14-15H2,1-2H3. The quantitative estimate of drug-likeness (QED) is 0.346. The van der Waals surface area contributed by atoms with Gasteiger partial charge in [0.2, 0.25) is 0 Å². The van der Waals surface area contributed by atoms with E-state index in [2.05, 4.69) is 10.3 Å². The number of benzene rings is 2. The first kappa shape index (κ1) is 26.2. The minimum Gasteiger partial charge on any atom is -0.307 e. The minimum absolute atomic E-state index is 0.103. The zero-order valence-electron chi connectivity index (χ0n) is 19.8. The molecule has 1 fully saturated rings. The van der Waals surface area contributed by atoms with Crippen LogP contribution in [0.5, 0.6) is 0 Å². The predicted octanol–water partition coefficient (Wildman–Crippen LogP) is 5.32. The van der Waals surface area contributed by atoms with Crippen molar-refractivity contribution >= 4 is 34.6 Å². The second kappa shape index (κ2) is 9.88. The van der Waals surface area contributed by atoms with E-state index in [9.17, 15) is 18.0 Å². The van der Waals surface area contributed by atoms with E-state index in [1.807, 2.05) is 12.1 Å². The Morgan fingerprint density at radius 1 is 1.08 bits per heavy atom. The fourth-order valence-electron chi connectivity index (χ4n) is 4.11. The van der Waals surface area contributed by atoms with E-state index in [1.54, 1.807) is 38.2 Å². The third-order valence-electron chi connectivity index (χ3n) is 6.00. The SMILES string of the molecule is CC1(C)C(=O)N(c2ccc(C#N)c(C(F)(F)F)c2)C(=S)N1c1ccc(CNCc2ccccn2)c(F)c1. The van der Waals surface area contributed by atoms with E-state index < -0.39 is 34.6 Å². The maximum atomic E-state index is 15.0. The Morgan fingerprint density at radius 3 is 2.43 bits per heavy atom. The van der Waals surface area contributed by atoms with Crippen LogP contribution in [0.4, 0.5) is 28.9 Å². The molecular weight excluding hydrogens is 506 g/mol. The molecule has 2 aromatic carbocycles. The van der Waals surface area contributed by atoms with Gasteiger partial charge in [0.25, 0.3) is 5.91 Å². The Balaban J connectivity index is 1.60. The summed E-state index contributed by atoms with van der Waals surface area (Å²) < 4.78 is 55.5. The van der Waals surface area contributed by atoms with Crippen molar-refractivity contribution in [1.82, 2.24) is 10.3 Å². The number of anilines is 2. The average Bonchev–Trinajstić information content (AvgIpc) is 3.03. The molecule has 1 N–H and O–H groups in total. The highest BCUT2D eigenvalue weighted by atomic mass is 32.1. The van der Waals surface area contributed by atoms with Crippen molar-refractivity contribution in [3.63, 3.8) is 0 Å². The number of hydrogen-bond donors (Lipinski definition) is 1. The van der Waals surface area contributed by atoms with Gasteiger partial charge in [-0.3, -0.25) is 14.7 Å². The highest BCUT2D eigenvalue weighted by molar-refractivity contribution is 7.81. The molecule has 1 aromatic heterocycles. The van der Waals surface area contributed by atoms with E-state index >= 15 is 4.39 Å². The van der Waals surface area contributed by atoms with Crippen molar-refractivity contribution in [3.05, 3.63) is 89.0 Å². The molecule has 6 nitrogen and oxygen atoms in total. The molecule has 1 aliphatic rings. The van der Waals surface area contributed by atoms with Crippen LogP contribution >= 0.6 is 12.2 Å². The third kappa shape index (κ3) is 5.03. The highest BCUT2D eigenvalue weighted by Crippen LogP contribution is 2.39. The zero-order valence-corrected chi connectivity index (χ0v) is 20.6. The van der Waals surface area contributed by atoms with Gasteiger partial charge in [0.05, 0.1) is 28.6 Å². The summed E-state index contributed by atoms with van der Waals surface area (Å²) in [6, 6.07) is 14.4. The van der Waals surface area contributed by atoms with Gasteiger partial charge in [0.15, 0.2) is 5.11 Å². The average molecular weight is 528 g/mol. The summed E-state index contributed by atoms with van der Waals surface area (Å²) in [7, 11) is 0. The first-order chi connectivity index (χ1) is 17.4. The Bertz CT molecular complexity index is 1400. The van der Waals surface area contributed by atoms with E-state index in [0.29, 0.717) is 12.1 Å². The lowest BCUT2D eigenvalue weighted by molar-refractivity contribution is -0.137. The van der Waals surface area contributed by atoms with Gasteiger partial charge in [-0.05, 0) is 68.5 Å². The van der Waals surface area contributed by atoms with Gasteiger partial charge in [0.1, 0.15) is 11.4 Å². The van der Waals surface area contributed by atoms with Gasteiger partial charge in [-0.1, -0.05) is 12.1 Å². The maximum Gasteiger partial charge on any atom is 0.417 e. The number of nitriles is 1. The van der Waals surface area contributed by atoms with Gasteiger partial charge >= 0.3 is 6.18 Å². The molecule has 1 saturated heterocycles. The summed E-state index contributed by atoms with van der Waals surface area (Å²) in [4.78, 5) is 19.9. The monoisotopic (exact) mass is 527 g/mol. The lowest BCUT2D eigenvalue weighted by Gasteiger charge is -2.29. The molecule has 37 heavy (non-hydrogen) atoms. The molecular formula is C26H21F4N5OS. The molecule has 0 aliphatic carbocycles. The normalized spacial score (nSPS) is 15.3. The number of rotatable bonds is 6. The summed E-state index contributed by atoms with van der Waals surface area (Å²) in [5.74, 6) is -1.12. The lowest BCUT2D eigenvalue weighted by Crippen LogP contribution is -2.44. The van der Waals surface area contributed by atoms with Crippen LogP contribution in [0.1, 0.15) is 36.2 Å². The van der Waals surface area contributed by atoms with Gasteiger partial charge in [-0.15, -0.1) is 0 Å². The van der Waals surface area contributed by atoms with Crippen LogP contribution in [-0.2, 0) is 24.1 Å². The van der Waals surface area contributed by atoms with Crippen molar-refractivity contribution in [3.8, 4) is 6.07 Å². The van der Waals surface area contributed by atoms with Crippen LogP contribution in [0.15, 0.2) is 60.8 Å². The van der Waals surface area contributed by atoms with Crippen LogP contribution < -0.4 is 15.1 Å².